The Morgan fingerprint density at radius 2 is 1.56 bits per heavy atom. The van der Waals surface area contributed by atoms with E-state index in [0.717, 1.165) is 16.7 Å². The molecule has 0 saturated heterocycles. The molecule has 2 amide bonds. The summed E-state index contributed by atoms with van der Waals surface area (Å²) in [6.07, 6.45) is 1.35. The van der Waals surface area contributed by atoms with Crippen molar-refractivity contribution in [3.8, 4) is 11.5 Å². The predicted molar refractivity (Wildman–Crippen MR) is 129 cm³/mol. The first-order chi connectivity index (χ1) is 16.3. The molecular formula is C26H25N3O5. The maximum absolute atomic E-state index is 12.4. The molecule has 0 atom stereocenters. The number of ether oxygens (including phenoxy) is 2. The molecule has 0 radical (unpaired) electrons. The van der Waals surface area contributed by atoms with E-state index in [1.165, 1.54) is 13.3 Å². The second kappa shape index (κ2) is 10.9. The summed E-state index contributed by atoms with van der Waals surface area (Å²) in [5, 5.41) is 6.42. The number of methoxy groups -OCH3 is 1. The largest absolute Gasteiger partial charge is 0.493 e. The van der Waals surface area contributed by atoms with Crippen molar-refractivity contribution in [2.24, 2.45) is 5.10 Å². The first-order valence-corrected chi connectivity index (χ1v) is 10.5. The van der Waals surface area contributed by atoms with Gasteiger partial charge in [-0.1, -0.05) is 35.9 Å². The zero-order valence-electron chi connectivity index (χ0n) is 19.3. The van der Waals surface area contributed by atoms with Crippen molar-refractivity contribution >= 4 is 29.7 Å². The Bertz CT molecular complexity index is 1250. The van der Waals surface area contributed by atoms with Crippen LogP contribution in [0.25, 0.3) is 0 Å². The molecule has 3 aromatic carbocycles. The van der Waals surface area contributed by atoms with E-state index in [0.29, 0.717) is 22.6 Å². The number of hydrazone groups is 1. The number of hydrogen-bond acceptors (Lipinski definition) is 6. The van der Waals surface area contributed by atoms with E-state index in [9.17, 15) is 14.4 Å². The van der Waals surface area contributed by atoms with Crippen LogP contribution >= 0.6 is 0 Å². The third-order valence-corrected chi connectivity index (χ3v) is 4.95. The number of rotatable bonds is 6. The number of aryl methyl sites for hydroxylation is 3. The molecule has 0 aliphatic heterocycles. The lowest BCUT2D eigenvalue weighted by molar-refractivity contribution is -0.136. The fourth-order valence-corrected chi connectivity index (χ4v) is 3.18. The van der Waals surface area contributed by atoms with Gasteiger partial charge in [0.25, 0.3) is 0 Å². The number of carbonyl (C=O) groups excluding carboxylic acids is 3. The number of nitrogens with one attached hydrogen (secondary N) is 2. The number of anilines is 1. The Morgan fingerprint density at radius 3 is 2.24 bits per heavy atom. The zero-order chi connectivity index (χ0) is 24.7. The van der Waals surface area contributed by atoms with Gasteiger partial charge >= 0.3 is 17.8 Å². The van der Waals surface area contributed by atoms with Gasteiger partial charge in [0.2, 0.25) is 0 Å². The molecule has 0 aliphatic rings. The van der Waals surface area contributed by atoms with Crippen LogP contribution in [0.1, 0.15) is 32.6 Å². The van der Waals surface area contributed by atoms with Crippen molar-refractivity contribution in [1.82, 2.24) is 5.43 Å². The molecule has 174 valence electrons. The molecule has 2 N–H and O–H groups in total. The topological polar surface area (TPSA) is 106 Å². The number of amides is 2. The molecule has 3 aromatic rings. The zero-order valence-corrected chi connectivity index (χ0v) is 19.3. The van der Waals surface area contributed by atoms with E-state index in [1.807, 2.05) is 45.0 Å². The summed E-state index contributed by atoms with van der Waals surface area (Å²) in [6.45, 7) is 5.57. The first kappa shape index (κ1) is 24.2. The SMILES string of the molecule is COc1cc(/C=N/NC(=O)C(=O)Nc2c(C)cccc2C)ccc1OC(=O)c1cccc(C)c1. The molecule has 0 aliphatic carbocycles. The lowest BCUT2D eigenvalue weighted by Crippen LogP contribution is -2.32. The Labute approximate surface area is 197 Å². The highest BCUT2D eigenvalue weighted by Crippen LogP contribution is 2.28. The van der Waals surface area contributed by atoms with Crippen molar-refractivity contribution < 1.29 is 23.9 Å². The van der Waals surface area contributed by atoms with Crippen LogP contribution < -0.4 is 20.2 Å². The third-order valence-electron chi connectivity index (χ3n) is 4.95. The van der Waals surface area contributed by atoms with Crippen molar-refractivity contribution in [2.45, 2.75) is 20.8 Å². The second-order valence-electron chi connectivity index (χ2n) is 7.59. The van der Waals surface area contributed by atoms with Crippen LogP contribution in [0.2, 0.25) is 0 Å². The molecule has 34 heavy (non-hydrogen) atoms. The van der Waals surface area contributed by atoms with E-state index >= 15 is 0 Å². The van der Waals surface area contributed by atoms with Crippen molar-refractivity contribution in [2.75, 3.05) is 12.4 Å². The smallest absolute Gasteiger partial charge is 0.343 e. The minimum atomic E-state index is -0.908. The van der Waals surface area contributed by atoms with Gasteiger partial charge in [0.15, 0.2) is 11.5 Å². The van der Waals surface area contributed by atoms with E-state index in [2.05, 4.69) is 15.8 Å². The lowest BCUT2D eigenvalue weighted by Gasteiger charge is -2.10. The van der Waals surface area contributed by atoms with E-state index in [4.69, 9.17) is 9.47 Å². The highest BCUT2D eigenvalue weighted by atomic mass is 16.6. The molecule has 0 heterocycles. The van der Waals surface area contributed by atoms with Crippen LogP contribution in [-0.4, -0.2) is 31.1 Å². The van der Waals surface area contributed by atoms with Gasteiger partial charge < -0.3 is 14.8 Å². The quantitative estimate of drug-likeness (QED) is 0.191. The minimum absolute atomic E-state index is 0.239. The van der Waals surface area contributed by atoms with Crippen LogP contribution in [0.15, 0.2) is 65.8 Å². The summed E-state index contributed by atoms with van der Waals surface area (Å²) in [5.74, 6) is -1.70. The Morgan fingerprint density at radius 1 is 0.853 bits per heavy atom. The van der Waals surface area contributed by atoms with Crippen LogP contribution in [0.5, 0.6) is 11.5 Å². The monoisotopic (exact) mass is 459 g/mol. The molecule has 0 bridgehead atoms. The fraction of sp³-hybridized carbons (Fsp3) is 0.154. The van der Waals surface area contributed by atoms with Gasteiger partial charge in [-0.15, -0.1) is 0 Å². The lowest BCUT2D eigenvalue weighted by atomic mass is 10.1. The van der Waals surface area contributed by atoms with Gasteiger partial charge in [-0.25, -0.2) is 10.2 Å². The number of para-hydroxylation sites is 1. The average Bonchev–Trinajstić information content (AvgIpc) is 2.82. The number of hydrogen-bond donors (Lipinski definition) is 2. The number of carbonyl (C=O) groups is 3. The highest BCUT2D eigenvalue weighted by molar-refractivity contribution is 6.39. The summed E-state index contributed by atoms with van der Waals surface area (Å²) in [7, 11) is 1.44. The van der Waals surface area contributed by atoms with Crippen molar-refractivity contribution in [1.29, 1.82) is 0 Å². The summed E-state index contributed by atoms with van der Waals surface area (Å²) in [5.41, 5.74) is 6.40. The molecule has 0 aromatic heterocycles. The predicted octanol–water partition coefficient (Wildman–Crippen LogP) is 3.93. The van der Waals surface area contributed by atoms with Gasteiger partial charge in [-0.2, -0.15) is 5.10 Å². The highest BCUT2D eigenvalue weighted by Gasteiger charge is 2.16. The first-order valence-electron chi connectivity index (χ1n) is 10.5. The minimum Gasteiger partial charge on any atom is -0.493 e. The third kappa shape index (κ3) is 6.07. The summed E-state index contributed by atoms with van der Waals surface area (Å²) in [6, 6.07) is 17.4. The molecule has 0 unspecified atom stereocenters. The van der Waals surface area contributed by atoms with E-state index in [1.54, 1.807) is 36.4 Å². The van der Waals surface area contributed by atoms with E-state index < -0.39 is 17.8 Å². The molecule has 8 nitrogen and oxygen atoms in total. The van der Waals surface area contributed by atoms with E-state index in [-0.39, 0.29) is 5.75 Å². The van der Waals surface area contributed by atoms with Gasteiger partial charge in [-0.3, -0.25) is 9.59 Å². The molecule has 0 saturated carbocycles. The normalized spacial score (nSPS) is 10.6. The molecular weight excluding hydrogens is 434 g/mol. The Kier molecular flexibility index (Phi) is 7.76. The summed E-state index contributed by atoms with van der Waals surface area (Å²) in [4.78, 5) is 36.7. The van der Waals surface area contributed by atoms with Crippen molar-refractivity contribution in [3.63, 3.8) is 0 Å². The molecule has 3 rings (SSSR count). The number of nitrogens with zero attached hydrogens (tertiary/aromatic N) is 1. The van der Waals surface area contributed by atoms with Gasteiger partial charge in [0, 0.05) is 5.69 Å². The molecule has 8 heteroatoms. The van der Waals surface area contributed by atoms with Crippen LogP contribution in [0.3, 0.4) is 0 Å². The van der Waals surface area contributed by atoms with Crippen LogP contribution in [0, 0.1) is 20.8 Å². The standard InChI is InChI=1S/C26H25N3O5/c1-16-7-5-10-20(13-16)26(32)34-21-12-11-19(14-22(21)33-4)15-27-29-25(31)24(30)28-23-17(2)8-6-9-18(23)3/h5-15H,1-4H3,(H,28,30)(H,29,31)/b27-15+. The Balaban J connectivity index is 1.63. The van der Waals surface area contributed by atoms with Crippen LogP contribution in [-0.2, 0) is 9.59 Å². The summed E-state index contributed by atoms with van der Waals surface area (Å²) >= 11 is 0. The number of esters is 1. The van der Waals surface area contributed by atoms with Gasteiger partial charge in [0.05, 0.1) is 18.9 Å². The number of benzene rings is 3. The molecule has 0 fully saturated rings. The average molecular weight is 460 g/mol. The Hall–Kier alpha value is -4.46. The second-order valence-corrected chi connectivity index (χ2v) is 7.59. The fourth-order valence-electron chi connectivity index (χ4n) is 3.18. The van der Waals surface area contributed by atoms with Crippen molar-refractivity contribution in [3.05, 3.63) is 88.5 Å². The molecule has 0 spiro atoms. The van der Waals surface area contributed by atoms with Gasteiger partial charge in [0.1, 0.15) is 0 Å². The maximum Gasteiger partial charge on any atom is 0.343 e. The summed E-state index contributed by atoms with van der Waals surface area (Å²) < 4.78 is 10.8. The maximum atomic E-state index is 12.4. The van der Waals surface area contributed by atoms with Crippen LogP contribution in [0.4, 0.5) is 5.69 Å². The van der Waals surface area contributed by atoms with Gasteiger partial charge in [-0.05, 0) is 67.8 Å².